The number of fused-ring (bicyclic) bond motifs is 1. The van der Waals surface area contributed by atoms with Gasteiger partial charge in [0.05, 0.1) is 6.54 Å². The second-order valence-corrected chi connectivity index (χ2v) is 4.79. The molecule has 1 N–H and O–H groups in total. The van der Waals surface area contributed by atoms with Crippen LogP contribution in [0.3, 0.4) is 0 Å². The Balaban J connectivity index is 2.62. The molecule has 0 aromatic heterocycles. The molecule has 1 aliphatic heterocycles. The first kappa shape index (κ1) is 11.7. The second-order valence-electron chi connectivity index (χ2n) is 3.88. The first-order valence-electron chi connectivity index (χ1n) is 4.56. The Bertz CT molecular complexity index is 435. The van der Waals surface area contributed by atoms with Gasteiger partial charge in [0.25, 0.3) is 0 Å². The van der Waals surface area contributed by atoms with Crippen molar-refractivity contribution in [3.63, 3.8) is 0 Å². The van der Waals surface area contributed by atoms with Gasteiger partial charge in [-0.25, -0.2) is 0 Å². The summed E-state index contributed by atoms with van der Waals surface area (Å²) < 4.78 is 39.0. The molecule has 0 radical (unpaired) electrons. The molecule has 0 fully saturated rings. The molecule has 1 aliphatic rings. The highest BCUT2D eigenvalue weighted by Crippen LogP contribution is 2.48. The zero-order chi connectivity index (χ0) is 12.1. The molecule has 2 nitrogen and oxygen atoms in total. The van der Waals surface area contributed by atoms with Gasteiger partial charge in [0.1, 0.15) is 0 Å². The molecule has 0 aliphatic carbocycles. The normalized spacial score (nSPS) is 24.8. The van der Waals surface area contributed by atoms with E-state index in [-0.39, 0.29) is 5.56 Å². The van der Waals surface area contributed by atoms with E-state index in [1.807, 2.05) is 0 Å². The third kappa shape index (κ3) is 1.51. The summed E-state index contributed by atoms with van der Waals surface area (Å²) in [5.41, 5.74) is -2.47. The summed E-state index contributed by atoms with van der Waals surface area (Å²) in [7, 11) is 1.52. The van der Waals surface area contributed by atoms with Gasteiger partial charge in [-0.05, 0) is 18.2 Å². The maximum Gasteiger partial charge on any atom is 0.423 e. The molecule has 2 rings (SSSR count). The van der Waals surface area contributed by atoms with Crippen LogP contribution < -0.4 is 4.90 Å². The van der Waals surface area contributed by atoms with Crippen LogP contribution in [0.25, 0.3) is 0 Å². The third-order valence-corrected chi connectivity index (χ3v) is 3.24. The van der Waals surface area contributed by atoms with Crippen molar-refractivity contribution >= 4 is 21.6 Å². The van der Waals surface area contributed by atoms with Crippen molar-refractivity contribution in [2.75, 3.05) is 18.5 Å². The number of β-amino-alcohol motifs (C(OH)–C–C–N with tert-alkyl or cyclic N) is 1. The number of anilines is 1. The van der Waals surface area contributed by atoms with E-state index in [1.54, 1.807) is 12.1 Å². The lowest BCUT2D eigenvalue weighted by atomic mass is 9.96. The van der Waals surface area contributed by atoms with Crippen LogP contribution in [-0.4, -0.2) is 24.9 Å². The number of likely N-dealkylation sites (N-methyl/N-ethyl adjacent to an activating group) is 1. The molecule has 0 amide bonds. The van der Waals surface area contributed by atoms with Gasteiger partial charge in [0.15, 0.2) is 0 Å². The van der Waals surface area contributed by atoms with E-state index in [2.05, 4.69) is 15.9 Å². The molecule has 1 aromatic rings. The largest absolute Gasteiger partial charge is 0.423 e. The number of hydrogen-bond acceptors (Lipinski definition) is 2. The highest BCUT2D eigenvalue weighted by molar-refractivity contribution is 9.10. The maximum absolute atomic E-state index is 12.8. The number of nitrogens with zero attached hydrogens (tertiary/aromatic N) is 1. The van der Waals surface area contributed by atoms with Crippen LogP contribution in [0.2, 0.25) is 0 Å². The maximum atomic E-state index is 12.8. The summed E-state index contributed by atoms with van der Waals surface area (Å²) in [6.45, 7) is -0.470. The zero-order valence-electron chi connectivity index (χ0n) is 8.35. The van der Waals surface area contributed by atoms with Gasteiger partial charge in [0.2, 0.25) is 5.60 Å². The first-order chi connectivity index (χ1) is 7.25. The Morgan fingerprint density at radius 3 is 2.62 bits per heavy atom. The average Bonchev–Trinajstić information content (AvgIpc) is 2.39. The van der Waals surface area contributed by atoms with Gasteiger partial charge in [0, 0.05) is 22.8 Å². The Kier molecular flexibility index (Phi) is 2.47. The third-order valence-electron chi connectivity index (χ3n) is 2.75. The van der Waals surface area contributed by atoms with Gasteiger partial charge in [-0.3, -0.25) is 0 Å². The van der Waals surface area contributed by atoms with Gasteiger partial charge in [-0.15, -0.1) is 0 Å². The lowest BCUT2D eigenvalue weighted by Gasteiger charge is -2.26. The van der Waals surface area contributed by atoms with E-state index in [0.717, 1.165) is 0 Å². The quantitative estimate of drug-likeness (QED) is 0.795. The molecule has 0 bridgehead atoms. The van der Waals surface area contributed by atoms with E-state index < -0.39 is 18.3 Å². The minimum atomic E-state index is -4.67. The van der Waals surface area contributed by atoms with Crippen molar-refractivity contribution in [2.24, 2.45) is 0 Å². The Morgan fingerprint density at radius 2 is 2.06 bits per heavy atom. The van der Waals surface area contributed by atoms with E-state index in [9.17, 15) is 18.3 Å². The van der Waals surface area contributed by atoms with Crippen molar-refractivity contribution in [1.82, 2.24) is 0 Å². The Hall–Kier alpha value is -0.750. The lowest BCUT2D eigenvalue weighted by Crippen LogP contribution is -2.45. The van der Waals surface area contributed by atoms with Crippen molar-refractivity contribution in [3.05, 3.63) is 28.2 Å². The number of benzene rings is 1. The Morgan fingerprint density at radius 1 is 1.44 bits per heavy atom. The monoisotopic (exact) mass is 295 g/mol. The number of hydrogen-bond donors (Lipinski definition) is 1. The summed E-state index contributed by atoms with van der Waals surface area (Å²) >= 11 is 3.11. The molecule has 0 spiro atoms. The second kappa shape index (κ2) is 3.37. The lowest BCUT2D eigenvalue weighted by molar-refractivity contribution is -0.259. The van der Waals surface area contributed by atoms with Crippen LogP contribution >= 0.6 is 15.9 Å². The van der Waals surface area contributed by atoms with E-state index in [1.165, 1.54) is 18.0 Å². The highest BCUT2D eigenvalue weighted by atomic mass is 79.9. The Labute approximate surface area is 98.8 Å². The van der Waals surface area contributed by atoms with Crippen LogP contribution in [0.4, 0.5) is 18.9 Å². The minimum Gasteiger partial charge on any atom is -0.375 e. The molecule has 88 valence electrons. The van der Waals surface area contributed by atoms with Gasteiger partial charge < -0.3 is 10.0 Å². The van der Waals surface area contributed by atoms with Crippen LogP contribution in [0.5, 0.6) is 0 Å². The van der Waals surface area contributed by atoms with E-state index in [4.69, 9.17) is 0 Å². The molecule has 1 atom stereocenters. The van der Waals surface area contributed by atoms with Crippen LogP contribution in [0.1, 0.15) is 5.56 Å². The molecule has 0 unspecified atom stereocenters. The summed E-state index contributed by atoms with van der Waals surface area (Å²) in [4.78, 5) is 1.40. The predicted octanol–water partition coefficient (Wildman–Crippen LogP) is 2.65. The fourth-order valence-electron chi connectivity index (χ4n) is 1.93. The van der Waals surface area contributed by atoms with Crippen LogP contribution in [-0.2, 0) is 5.60 Å². The van der Waals surface area contributed by atoms with Crippen molar-refractivity contribution < 1.29 is 18.3 Å². The average molecular weight is 296 g/mol. The molecule has 16 heavy (non-hydrogen) atoms. The molecule has 6 heteroatoms. The number of aliphatic hydroxyl groups is 1. The summed E-state index contributed by atoms with van der Waals surface area (Å²) in [5, 5.41) is 9.79. The summed E-state index contributed by atoms with van der Waals surface area (Å²) in [6.07, 6.45) is -4.67. The standard InChI is InChI=1S/C10H9BrF3NO/c1-15-5-9(16,10(12,13)14)7-4-6(11)2-3-8(7)15/h2-4,16H,5H2,1H3/t9-/m1/s1. The first-order valence-corrected chi connectivity index (χ1v) is 5.35. The van der Waals surface area contributed by atoms with Gasteiger partial charge >= 0.3 is 6.18 Å². The summed E-state index contributed by atoms with van der Waals surface area (Å²) in [6, 6.07) is 4.52. The molecule has 0 saturated carbocycles. The number of alkyl halides is 3. The van der Waals surface area contributed by atoms with E-state index >= 15 is 0 Å². The smallest absolute Gasteiger partial charge is 0.375 e. The van der Waals surface area contributed by atoms with Crippen molar-refractivity contribution in [2.45, 2.75) is 11.8 Å². The van der Waals surface area contributed by atoms with Gasteiger partial charge in [-0.1, -0.05) is 15.9 Å². The van der Waals surface area contributed by atoms with Crippen LogP contribution in [0, 0.1) is 0 Å². The van der Waals surface area contributed by atoms with Crippen molar-refractivity contribution in [1.29, 1.82) is 0 Å². The number of halogens is 4. The SMILES string of the molecule is CN1C[C@](O)(C(F)(F)F)c2cc(Br)ccc21. The fraction of sp³-hybridized carbons (Fsp3) is 0.400. The van der Waals surface area contributed by atoms with Gasteiger partial charge in [-0.2, -0.15) is 13.2 Å². The molecule has 1 aromatic carbocycles. The topological polar surface area (TPSA) is 23.5 Å². The zero-order valence-corrected chi connectivity index (χ0v) is 9.93. The molecular weight excluding hydrogens is 287 g/mol. The molecule has 1 heterocycles. The molecular formula is C10H9BrF3NO. The predicted molar refractivity (Wildman–Crippen MR) is 57.4 cm³/mol. The van der Waals surface area contributed by atoms with Crippen LogP contribution in [0.15, 0.2) is 22.7 Å². The highest BCUT2D eigenvalue weighted by Gasteiger charge is 2.59. The van der Waals surface area contributed by atoms with E-state index in [0.29, 0.717) is 10.2 Å². The van der Waals surface area contributed by atoms with Crippen molar-refractivity contribution in [3.8, 4) is 0 Å². The summed E-state index contributed by atoms with van der Waals surface area (Å²) in [5.74, 6) is 0. The number of rotatable bonds is 0. The minimum absolute atomic E-state index is 0.100. The molecule has 0 saturated heterocycles. The fourth-order valence-corrected chi connectivity index (χ4v) is 2.29.